The Hall–Kier alpha value is -1.98. The number of ether oxygens (including phenoxy) is 1. The summed E-state index contributed by atoms with van der Waals surface area (Å²) in [4.78, 5) is -0.675. The Morgan fingerprint density at radius 1 is 1.14 bits per heavy atom. The van der Waals surface area contributed by atoms with Crippen LogP contribution in [-0.4, -0.2) is 46.9 Å². The summed E-state index contributed by atoms with van der Waals surface area (Å²) in [6.07, 6.45) is -0.752. The smallest absolute Gasteiger partial charge is 0.378 e. The van der Waals surface area contributed by atoms with E-state index in [9.17, 15) is 21.6 Å². The number of methoxy groups -OCH3 is 1. The first-order valence-corrected chi connectivity index (χ1v) is 10.7. The fraction of sp³-hybridized carbons (Fsp3) is 0.556. The van der Waals surface area contributed by atoms with E-state index in [0.717, 1.165) is 12.1 Å². The molecule has 3 heterocycles. The normalized spacial score (nSPS) is 25.4. The molecule has 2 bridgehead atoms. The number of benzene rings is 1. The van der Waals surface area contributed by atoms with E-state index >= 15 is 0 Å². The zero-order chi connectivity index (χ0) is 20.8. The van der Waals surface area contributed by atoms with E-state index in [1.807, 2.05) is 0 Å². The summed E-state index contributed by atoms with van der Waals surface area (Å²) >= 11 is 0. The van der Waals surface area contributed by atoms with Gasteiger partial charge < -0.3 is 4.74 Å². The molecule has 2 aliphatic rings. The lowest BCUT2D eigenvalue weighted by Crippen LogP contribution is -2.47. The average molecular weight is 430 g/mol. The monoisotopic (exact) mass is 430 g/mol. The second-order valence-corrected chi connectivity index (χ2v) is 9.27. The van der Waals surface area contributed by atoms with Gasteiger partial charge in [0.25, 0.3) is 0 Å². The standard InChI is InChI=1S/C18H21F3N4O3S/c1-28-11-12-10-24(23-22-12)15-8-13-6-7-14(9-15)25(13)29(26,27)17-5-3-2-4-16(17)18(19,20)21/h2-5,10,13-15H,6-9,11H2,1H3. The zero-order valence-corrected chi connectivity index (χ0v) is 16.5. The molecule has 2 aromatic rings. The van der Waals surface area contributed by atoms with Gasteiger partial charge in [-0.25, -0.2) is 13.1 Å². The fourth-order valence-corrected chi connectivity index (χ4v) is 6.57. The van der Waals surface area contributed by atoms with Gasteiger partial charge in [-0.2, -0.15) is 17.5 Å². The number of aromatic nitrogens is 3. The van der Waals surface area contributed by atoms with Gasteiger partial charge in [0.2, 0.25) is 10.0 Å². The van der Waals surface area contributed by atoms with Crippen LogP contribution in [0.1, 0.15) is 43.0 Å². The van der Waals surface area contributed by atoms with Crippen molar-refractivity contribution in [3.63, 3.8) is 0 Å². The maximum atomic E-state index is 13.4. The first-order chi connectivity index (χ1) is 13.7. The largest absolute Gasteiger partial charge is 0.417 e. The van der Waals surface area contributed by atoms with Gasteiger partial charge in [-0.15, -0.1) is 5.10 Å². The molecule has 1 aromatic carbocycles. The molecular formula is C18H21F3N4O3S. The van der Waals surface area contributed by atoms with Crippen LogP contribution in [0.4, 0.5) is 13.2 Å². The maximum Gasteiger partial charge on any atom is 0.417 e. The number of hydrogen-bond acceptors (Lipinski definition) is 5. The molecule has 158 valence electrons. The second-order valence-electron chi connectivity index (χ2n) is 7.46. The third-order valence-corrected chi connectivity index (χ3v) is 7.68. The van der Waals surface area contributed by atoms with Crippen molar-refractivity contribution in [2.24, 2.45) is 0 Å². The van der Waals surface area contributed by atoms with Crippen LogP contribution in [0.2, 0.25) is 0 Å². The van der Waals surface area contributed by atoms with Gasteiger partial charge in [0.05, 0.1) is 29.3 Å². The number of halogens is 3. The minimum absolute atomic E-state index is 0.0464. The molecule has 2 unspecified atom stereocenters. The Balaban J connectivity index is 1.62. The van der Waals surface area contributed by atoms with E-state index in [2.05, 4.69) is 10.3 Å². The fourth-order valence-electron chi connectivity index (χ4n) is 4.46. The lowest BCUT2D eigenvalue weighted by atomic mass is 10.00. The van der Waals surface area contributed by atoms with Crippen molar-refractivity contribution in [2.75, 3.05) is 7.11 Å². The van der Waals surface area contributed by atoms with Crippen molar-refractivity contribution < 1.29 is 26.3 Å². The van der Waals surface area contributed by atoms with E-state index in [0.29, 0.717) is 38.0 Å². The molecule has 0 amide bonds. The SMILES string of the molecule is COCc1cn(C2CC3CCC(C2)N3S(=O)(=O)c2ccccc2C(F)(F)F)nn1. The Morgan fingerprint density at radius 3 is 2.41 bits per heavy atom. The van der Waals surface area contributed by atoms with Gasteiger partial charge in [0, 0.05) is 19.2 Å². The van der Waals surface area contributed by atoms with E-state index in [4.69, 9.17) is 4.74 Å². The highest BCUT2D eigenvalue weighted by molar-refractivity contribution is 7.89. The Kier molecular flexibility index (Phi) is 5.16. The molecule has 2 atom stereocenters. The molecule has 11 heteroatoms. The summed E-state index contributed by atoms with van der Waals surface area (Å²) in [5.41, 5.74) is -0.448. The van der Waals surface area contributed by atoms with Crippen molar-refractivity contribution >= 4 is 10.0 Å². The third-order valence-electron chi connectivity index (χ3n) is 5.61. The molecule has 0 aliphatic carbocycles. The minimum atomic E-state index is -4.74. The first-order valence-electron chi connectivity index (χ1n) is 9.31. The Morgan fingerprint density at radius 2 is 1.79 bits per heavy atom. The molecule has 2 fully saturated rings. The van der Waals surface area contributed by atoms with Crippen LogP contribution in [0, 0.1) is 0 Å². The third kappa shape index (κ3) is 3.66. The van der Waals surface area contributed by atoms with Gasteiger partial charge in [-0.1, -0.05) is 17.3 Å². The molecule has 0 spiro atoms. The Bertz CT molecular complexity index is 978. The summed E-state index contributed by atoms with van der Waals surface area (Å²) in [5.74, 6) is 0. The molecule has 0 saturated carbocycles. The predicted molar refractivity (Wildman–Crippen MR) is 96.3 cm³/mol. The Labute approximate surface area is 166 Å². The number of nitrogens with zero attached hydrogens (tertiary/aromatic N) is 4. The predicted octanol–water partition coefficient (Wildman–Crippen LogP) is 3.00. The lowest BCUT2D eigenvalue weighted by Gasteiger charge is -2.38. The van der Waals surface area contributed by atoms with Crippen molar-refractivity contribution in [3.8, 4) is 0 Å². The molecule has 2 saturated heterocycles. The van der Waals surface area contributed by atoms with Crippen molar-refractivity contribution in [3.05, 3.63) is 41.7 Å². The molecule has 2 aliphatic heterocycles. The van der Waals surface area contributed by atoms with Gasteiger partial charge in [0.1, 0.15) is 5.69 Å². The van der Waals surface area contributed by atoms with Crippen molar-refractivity contribution in [1.29, 1.82) is 0 Å². The molecule has 0 N–H and O–H groups in total. The summed E-state index contributed by atoms with van der Waals surface area (Å²) in [5, 5.41) is 8.15. The summed E-state index contributed by atoms with van der Waals surface area (Å²) < 4.78 is 74.7. The number of alkyl halides is 3. The highest BCUT2D eigenvalue weighted by atomic mass is 32.2. The number of hydrogen-bond donors (Lipinski definition) is 0. The molecule has 1 aromatic heterocycles. The highest BCUT2D eigenvalue weighted by Gasteiger charge is 2.49. The summed E-state index contributed by atoms with van der Waals surface area (Å²) in [7, 11) is -2.72. The zero-order valence-electron chi connectivity index (χ0n) is 15.7. The quantitative estimate of drug-likeness (QED) is 0.729. The van der Waals surface area contributed by atoms with Crippen LogP contribution in [0.25, 0.3) is 0 Å². The van der Waals surface area contributed by atoms with E-state index in [-0.39, 0.29) is 18.1 Å². The number of sulfonamides is 1. The van der Waals surface area contributed by atoms with E-state index in [1.165, 1.54) is 16.4 Å². The lowest BCUT2D eigenvalue weighted by molar-refractivity contribution is -0.139. The van der Waals surface area contributed by atoms with Crippen molar-refractivity contribution in [2.45, 2.75) is 61.5 Å². The number of rotatable bonds is 5. The van der Waals surface area contributed by atoms with Crippen LogP contribution < -0.4 is 0 Å². The van der Waals surface area contributed by atoms with Crippen LogP contribution in [-0.2, 0) is 27.5 Å². The summed E-state index contributed by atoms with van der Waals surface area (Å²) in [6.45, 7) is 0.328. The van der Waals surface area contributed by atoms with Gasteiger partial charge in [-0.05, 0) is 37.8 Å². The topological polar surface area (TPSA) is 77.3 Å². The van der Waals surface area contributed by atoms with Gasteiger partial charge in [-0.3, -0.25) is 0 Å². The van der Waals surface area contributed by atoms with Crippen LogP contribution in [0.15, 0.2) is 35.4 Å². The number of piperidine rings is 1. The van der Waals surface area contributed by atoms with Gasteiger partial charge >= 0.3 is 6.18 Å². The maximum absolute atomic E-state index is 13.4. The summed E-state index contributed by atoms with van der Waals surface area (Å²) in [6, 6.07) is 3.61. The van der Waals surface area contributed by atoms with Crippen LogP contribution in [0.3, 0.4) is 0 Å². The van der Waals surface area contributed by atoms with E-state index in [1.54, 1.807) is 18.0 Å². The molecule has 29 heavy (non-hydrogen) atoms. The first kappa shape index (κ1) is 20.3. The number of fused-ring (bicyclic) bond motifs is 2. The van der Waals surface area contributed by atoms with Crippen molar-refractivity contribution in [1.82, 2.24) is 19.3 Å². The van der Waals surface area contributed by atoms with Crippen LogP contribution in [0.5, 0.6) is 0 Å². The molecule has 0 radical (unpaired) electrons. The highest BCUT2D eigenvalue weighted by Crippen LogP contribution is 2.45. The minimum Gasteiger partial charge on any atom is -0.378 e. The van der Waals surface area contributed by atoms with Gasteiger partial charge in [0.15, 0.2) is 0 Å². The molecule has 7 nitrogen and oxygen atoms in total. The molecule has 4 rings (SSSR count). The van der Waals surface area contributed by atoms with Crippen LogP contribution >= 0.6 is 0 Å². The average Bonchev–Trinajstić information content (AvgIpc) is 3.24. The van der Waals surface area contributed by atoms with E-state index < -0.39 is 26.7 Å². The second kappa shape index (κ2) is 7.37. The molecular weight excluding hydrogens is 409 g/mol.